The van der Waals surface area contributed by atoms with Crippen LogP contribution in [0.1, 0.15) is 22.3 Å². The Balaban J connectivity index is 1.82. The maximum atomic E-state index is 13.6. The molecule has 2 aliphatic rings. The number of halogens is 4. The third-order valence-electron chi connectivity index (χ3n) is 3.73. The summed E-state index contributed by atoms with van der Waals surface area (Å²) in [5.41, 5.74) is 0.547. The van der Waals surface area contributed by atoms with Crippen LogP contribution in [0, 0.1) is 0 Å². The third-order valence-corrected chi connectivity index (χ3v) is 3.73. The SMILES string of the molecule is FC1(F)OC(F)(F)c2cc3c(cc21)CC(c1ccncc1)=N3. The Bertz CT molecular complexity index is 803. The predicted molar refractivity (Wildman–Crippen MR) is 69.5 cm³/mol. The fourth-order valence-corrected chi connectivity index (χ4v) is 2.71. The summed E-state index contributed by atoms with van der Waals surface area (Å²) in [6, 6.07) is 5.50. The number of aliphatic imine (C=N–C) groups is 1. The maximum absolute atomic E-state index is 13.6. The molecule has 0 bridgehead atoms. The van der Waals surface area contributed by atoms with Gasteiger partial charge in [-0.3, -0.25) is 9.98 Å². The van der Waals surface area contributed by atoms with Gasteiger partial charge < -0.3 is 0 Å². The predicted octanol–water partition coefficient (Wildman–Crippen LogP) is 3.89. The summed E-state index contributed by atoms with van der Waals surface area (Å²) in [6.45, 7) is 0. The highest BCUT2D eigenvalue weighted by atomic mass is 19.3. The molecule has 0 atom stereocenters. The molecule has 3 nitrogen and oxygen atoms in total. The van der Waals surface area contributed by atoms with Crippen LogP contribution in [0.2, 0.25) is 0 Å². The number of nitrogens with zero attached hydrogens (tertiary/aromatic N) is 2. The first-order valence-electron chi connectivity index (χ1n) is 6.48. The van der Waals surface area contributed by atoms with E-state index < -0.39 is 23.3 Å². The lowest BCUT2D eigenvalue weighted by molar-refractivity contribution is -0.369. The summed E-state index contributed by atoms with van der Waals surface area (Å²) in [5, 5.41) is 0. The molecule has 0 unspecified atom stereocenters. The average molecular weight is 308 g/mol. The van der Waals surface area contributed by atoms with E-state index in [1.165, 1.54) is 0 Å². The van der Waals surface area contributed by atoms with Gasteiger partial charge in [0.15, 0.2) is 0 Å². The van der Waals surface area contributed by atoms with E-state index in [9.17, 15) is 17.6 Å². The van der Waals surface area contributed by atoms with E-state index in [-0.39, 0.29) is 5.69 Å². The van der Waals surface area contributed by atoms with Crippen LogP contribution in [0.5, 0.6) is 0 Å². The number of alkyl halides is 4. The van der Waals surface area contributed by atoms with Gasteiger partial charge in [0, 0.05) is 18.8 Å². The van der Waals surface area contributed by atoms with Crippen LogP contribution in [0.15, 0.2) is 41.7 Å². The molecule has 4 rings (SSSR count). The van der Waals surface area contributed by atoms with Crippen LogP contribution in [0.3, 0.4) is 0 Å². The zero-order chi connectivity index (χ0) is 15.5. The van der Waals surface area contributed by atoms with Crippen LogP contribution < -0.4 is 0 Å². The van der Waals surface area contributed by atoms with Crippen molar-refractivity contribution in [1.29, 1.82) is 0 Å². The standard InChI is InChI=1S/C15H8F4N2O/c16-14(17)10-5-9-6-12(8-1-3-20-4-2-8)21-13(9)7-11(10)15(18,19)22-14/h1-5,7H,6H2. The Morgan fingerprint density at radius 2 is 1.59 bits per heavy atom. The number of pyridine rings is 1. The van der Waals surface area contributed by atoms with Gasteiger partial charge in [0.1, 0.15) is 0 Å². The number of aromatic nitrogens is 1. The first-order chi connectivity index (χ1) is 10.4. The smallest absolute Gasteiger partial charge is 0.265 e. The summed E-state index contributed by atoms with van der Waals surface area (Å²) in [5.74, 6) is 0. The van der Waals surface area contributed by atoms with Gasteiger partial charge in [0.2, 0.25) is 0 Å². The quantitative estimate of drug-likeness (QED) is 0.749. The molecule has 0 saturated carbocycles. The number of benzene rings is 1. The van der Waals surface area contributed by atoms with E-state index >= 15 is 0 Å². The van der Waals surface area contributed by atoms with Crippen LogP contribution in [0.25, 0.3) is 0 Å². The van der Waals surface area contributed by atoms with Crippen molar-refractivity contribution in [2.24, 2.45) is 4.99 Å². The minimum Gasteiger partial charge on any atom is -0.265 e. The molecule has 0 fully saturated rings. The van der Waals surface area contributed by atoms with Gasteiger partial charge in [0.05, 0.1) is 22.5 Å². The monoisotopic (exact) mass is 308 g/mol. The van der Waals surface area contributed by atoms with E-state index in [1.54, 1.807) is 24.5 Å². The Morgan fingerprint density at radius 3 is 2.27 bits per heavy atom. The lowest BCUT2D eigenvalue weighted by atomic mass is 9.99. The molecular weight excluding hydrogens is 300 g/mol. The van der Waals surface area contributed by atoms with Crippen molar-refractivity contribution in [2.45, 2.75) is 18.6 Å². The number of ether oxygens (including phenoxy) is 1. The van der Waals surface area contributed by atoms with Gasteiger partial charge in [-0.25, -0.2) is 4.74 Å². The first kappa shape index (κ1) is 13.4. The molecule has 2 aromatic rings. The van der Waals surface area contributed by atoms with E-state index in [4.69, 9.17) is 0 Å². The first-order valence-corrected chi connectivity index (χ1v) is 6.48. The van der Waals surface area contributed by atoms with Crippen LogP contribution in [-0.4, -0.2) is 10.7 Å². The van der Waals surface area contributed by atoms with E-state index in [0.717, 1.165) is 17.7 Å². The highest BCUT2D eigenvalue weighted by Gasteiger charge is 2.57. The van der Waals surface area contributed by atoms with Gasteiger partial charge in [0.25, 0.3) is 0 Å². The Morgan fingerprint density at radius 1 is 0.955 bits per heavy atom. The van der Waals surface area contributed by atoms with Crippen molar-refractivity contribution in [1.82, 2.24) is 4.98 Å². The lowest BCUT2D eigenvalue weighted by Crippen LogP contribution is -2.17. The second-order valence-corrected chi connectivity index (χ2v) is 5.13. The summed E-state index contributed by atoms with van der Waals surface area (Å²) in [6.07, 6.45) is -4.54. The minimum atomic E-state index is -4.01. The molecule has 3 heterocycles. The van der Waals surface area contributed by atoms with Crippen molar-refractivity contribution in [3.05, 3.63) is 58.9 Å². The molecule has 0 spiro atoms. The topological polar surface area (TPSA) is 34.5 Å². The zero-order valence-electron chi connectivity index (χ0n) is 11.0. The van der Waals surface area contributed by atoms with Crippen molar-refractivity contribution in [2.75, 3.05) is 0 Å². The second-order valence-electron chi connectivity index (χ2n) is 5.13. The van der Waals surface area contributed by atoms with E-state index in [2.05, 4.69) is 14.7 Å². The maximum Gasteiger partial charge on any atom is 0.388 e. The molecule has 1 aromatic carbocycles. The highest BCUT2D eigenvalue weighted by molar-refractivity contribution is 6.06. The van der Waals surface area contributed by atoms with Crippen LogP contribution in [0.4, 0.5) is 23.2 Å². The van der Waals surface area contributed by atoms with Gasteiger partial charge in [-0.05, 0) is 35.4 Å². The van der Waals surface area contributed by atoms with Crippen molar-refractivity contribution in [3.63, 3.8) is 0 Å². The fraction of sp³-hybridized carbons (Fsp3) is 0.200. The van der Waals surface area contributed by atoms with Crippen molar-refractivity contribution >= 4 is 11.4 Å². The molecular formula is C15H8F4N2O. The Kier molecular flexibility index (Phi) is 2.51. The number of hydrogen-bond donors (Lipinski definition) is 0. The van der Waals surface area contributed by atoms with E-state index in [1.807, 2.05) is 0 Å². The van der Waals surface area contributed by atoms with E-state index in [0.29, 0.717) is 17.7 Å². The third kappa shape index (κ3) is 1.85. The molecule has 7 heteroatoms. The highest BCUT2D eigenvalue weighted by Crippen LogP contribution is 2.53. The molecule has 2 aliphatic heterocycles. The second kappa shape index (κ2) is 4.13. The normalized spacial score (nSPS) is 20.5. The van der Waals surface area contributed by atoms with Crippen LogP contribution in [-0.2, 0) is 23.4 Å². The van der Waals surface area contributed by atoms with Gasteiger partial charge in [-0.2, -0.15) is 17.6 Å². The van der Waals surface area contributed by atoms with Gasteiger partial charge >= 0.3 is 12.2 Å². The fourth-order valence-electron chi connectivity index (χ4n) is 2.71. The Hall–Kier alpha value is -2.28. The summed E-state index contributed by atoms with van der Waals surface area (Å²) >= 11 is 0. The summed E-state index contributed by atoms with van der Waals surface area (Å²) in [4.78, 5) is 8.15. The van der Waals surface area contributed by atoms with Crippen LogP contribution >= 0.6 is 0 Å². The Labute approximate surface area is 122 Å². The lowest BCUT2D eigenvalue weighted by Gasteiger charge is -2.10. The molecule has 0 amide bonds. The molecule has 22 heavy (non-hydrogen) atoms. The zero-order valence-corrected chi connectivity index (χ0v) is 11.0. The molecule has 0 radical (unpaired) electrons. The molecule has 112 valence electrons. The molecule has 0 saturated heterocycles. The minimum absolute atomic E-state index is 0.270. The largest absolute Gasteiger partial charge is 0.388 e. The number of rotatable bonds is 1. The molecule has 0 aliphatic carbocycles. The molecule has 1 aromatic heterocycles. The van der Waals surface area contributed by atoms with Gasteiger partial charge in [-0.1, -0.05) is 0 Å². The van der Waals surface area contributed by atoms with Crippen molar-refractivity contribution in [3.8, 4) is 0 Å². The molecule has 0 N–H and O–H groups in total. The average Bonchev–Trinajstić information content (AvgIpc) is 2.95. The summed E-state index contributed by atoms with van der Waals surface area (Å²) < 4.78 is 57.8. The number of fused-ring (bicyclic) bond motifs is 2. The number of hydrogen-bond acceptors (Lipinski definition) is 3. The van der Waals surface area contributed by atoms with Gasteiger partial charge in [-0.15, -0.1) is 0 Å². The van der Waals surface area contributed by atoms with Crippen molar-refractivity contribution < 1.29 is 22.3 Å². The summed E-state index contributed by atoms with van der Waals surface area (Å²) in [7, 11) is 0.